The lowest BCUT2D eigenvalue weighted by Gasteiger charge is -2.13. The molecular formula is C17H14FN3O2. The number of esters is 1. The molecule has 0 atom stereocenters. The topological polar surface area (TPSA) is 64.1 Å². The second-order valence-electron chi connectivity index (χ2n) is 5.00. The van der Waals surface area contributed by atoms with Gasteiger partial charge < -0.3 is 10.1 Å². The molecule has 0 amide bonds. The van der Waals surface area contributed by atoms with Crippen LogP contribution in [0.4, 0.5) is 15.8 Å². The van der Waals surface area contributed by atoms with Crippen LogP contribution in [0.15, 0.2) is 42.6 Å². The molecule has 3 aromatic rings. The molecule has 0 aliphatic rings. The zero-order valence-electron chi connectivity index (χ0n) is 12.6. The Bertz CT molecular complexity index is 896. The molecule has 0 fully saturated rings. The van der Waals surface area contributed by atoms with Crippen molar-refractivity contribution < 1.29 is 13.9 Å². The van der Waals surface area contributed by atoms with E-state index in [2.05, 4.69) is 15.3 Å². The minimum atomic E-state index is -0.529. The molecule has 2 heterocycles. The van der Waals surface area contributed by atoms with Gasteiger partial charge in [-0.15, -0.1) is 0 Å². The molecule has 116 valence electrons. The van der Waals surface area contributed by atoms with E-state index >= 15 is 0 Å². The Morgan fingerprint density at radius 1 is 1.26 bits per heavy atom. The molecule has 0 bridgehead atoms. The first-order chi connectivity index (χ1) is 11.1. The van der Waals surface area contributed by atoms with Crippen molar-refractivity contribution in [2.75, 3.05) is 12.4 Å². The monoisotopic (exact) mass is 311 g/mol. The molecule has 2 aromatic heterocycles. The summed E-state index contributed by atoms with van der Waals surface area (Å²) >= 11 is 0. The lowest BCUT2D eigenvalue weighted by Crippen LogP contribution is -2.08. The summed E-state index contributed by atoms with van der Waals surface area (Å²) in [4.78, 5) is 20.6. The molecule has 23 heavy (non-hydrogen) atoms. The van der Waals surface area contributed by atoms with E-state index in [1.54, 1.807) is 12.1 Å². The van der Waals surface area contributed by atoms with Gasteiger partial charge in [-0.25, -0.2) is 19.2 Å². The smallest absolute Gasteiger partial charge is 0.341 e. The maximum Gasteiger partial charge on any atom is 0.341 e. The van der Waals surface area contributed by atoms with E-state index in [1.807, 2.05) is 19.1 Å². The van der Waals surface area contributed by atoms with Gasteiger partial charge in [0.2, 0.25) is 0 Å². The molecule has 0 aliphatic heterocycles. The van der Waals surface area contributed by atoms with Gasteiger partial charge in [0.1, 0.15) is 11.4 Å². The van der Waals surface area contributed by atoms with Crippen LogP contribution in [0.5, 0.6) is 0 Å². The van der Waals surface area contributed by atoms with Crippen LogP contribution in [-0.2, 0) is 4.74 Å². The number of benzene rings is 1. The number of pyridine rings is 2. The van der Waals surface area contributed by atoms with E-state index in [0.29, 0.717) is 22.4 Å². The SMILES string of the molecule is COC(=O)c1cnc2nc(C)ccc2c1Nc1cccc(F)c1. The van der Waals surface area contributed by atoms with Crippen LogP contribution in [0.1, 0.15) is 16.1 Å². The summed E-state index contributed by atoms with van der Waals surface area (Å²) in [7, 11) is 1.30. The zero-order valence-corrected chi connectivity index (χ0v) is 12.6. The highest BCUT2D eigenvalue weighted by atomic mass is 19.1. The van der Waals surface area contributed by atoms with Crippen molar-refractivity contribution in [1.82, 2.24) is 9.97 Å². The number of hydrogen-bond acceptors (Lipinski definition) is 5. The van der Waals surface area contributed by atoms with Gasteiger partial charge in [0, 0.05) is 23.0 Å². The number of nitrogens with zero attached hydrogens (tertiary/aromatic N) is 2. The Labute approximate surface area is 132 Å². The van der Waals surface area contributed by atoms with Crippen molar-refractivity contribution in [3.63, 3.8) is 0 Å². The molecule has 3 rings (SSSR count). The third-order valence-corrected chi connectivity index (χ3v) is 3.37. The lowest BCUT2D eigenvalue weighted by molar-refractivity contribution is 0.0601. The maximum atomic E-state index is 13.4. The van der Waals surface area contributed by atoms with Crippen LogP contribution in [-0.4, -0.2) is 23.0 Å². The molecule has 0 saturated carbocycles. The first-order valence-corrected chi connectivity index (χ1v) is 6.96. The first kappa shape index (κ1) is 14.9. The summed E-state index contributed by atoms with van der Waals surface area (Å²) in [5.41, 5.74) is 2.57. The van der Waals surface area contributed by atoms with Gasteiger partial charge in [0.05, 0.1) is 12.8 Å². The standard InChI is InChI=1S/C17H14FN3O2/c1-10-6-7-13-15(21-12-5-3-4-11(18)8-12)14(17(22)23-2)9-19-16(13)20-10/h3-9H,1-2H3,(H,19,20,21). The number of fused-ring (bicyclic) bond motifs is 1. The number of aromatic nitrogens is 2. The Morgan fingerprint density at radius 3 is 2.83 bits per heavy atom. The highest BCUT2D eigenvalue weighted by Crippen LogP contribution is 2.29. The number of rotatable bonds is 3. The number of nitrogens with one attached hydrogen (secondary N) is 1. The van der Waals surface area contributed by atoms with Crippen molar-refractivity contribution in [3.8, 4) is 0 Å². The Kier molecular flexibility index (Phi) is 3.89. The highest BCUT2D eigenvalue weighted by Gasteiger charge is 2.17. The number of hydrogen-bond donors (Lipinski definition) is 1. The van der Waals surface area contributed by atoms with Crippen molar-refractivity contribution in [2.45, 2.75) is 6.92 Å². The van der Waals surface area contributed by atoms with Gasteiger partial charge in [-0.2, -0.15) is 0 Å². The first-order valence-electron chi connectivity index (χ1n) is 6.96. The summed E-state index contributed by atoms with van der Waals surface area (Å²) in [5, 5.41) is 3.73. The highest BCUT2D eigenvalue weighted by molar-refractivity contribution is 6.05. The van der Waals surface area contributed by atoms with Crippen LogP contribution in [0.3, 0.4) is 0 Å². The molecule has 0 radical (unpaired) electrons. The molecule has 5 nitrogen and oxygen atoms in total. The predicted molar refractivity (Wildman–Crippen MR) is 85.3 cm³/mol. The third kappa shape index (κ3) is 2.96. The number of methoxy groups -OCH3 is 1. The van der Waals surface area contributed by atoms with Crippen LogP contribution in [0.25, 0.3) is 11.0 Å². The summed E-state index contributed by atoms with van der Waals surface area (Å²) < 4.78 is 18.2. The maximum absolute atomic E-state index is 13.4. The Morgan fingerprint density at radius 2 is 2.09 bits per heavy atom. The zero-order chi connectivity index (χ0) is 16.4. The van der Waals surface area contributed by atoms with E-state index in [1.165, 1.54) is 25.4 Å². The van der Waals surface area contributed by atoms with Crippen LogP contribution >= 0.6 is 0 Å². The van der Waals surface area contributed by atoms with Gasteiger partial charge >= 0.3 is 5.97 Å². The molecule has 0 aliphatic carbocycles. The van der Waals surface area contributed by atoms with Crippen LogP contribution < -0.4 is 5.32 Å². The summed E-state index contributed by atoms with van der Waals surface area (Å²) in [5.74, 6) is -0.902. The van der Waals surface area contributed by atoms with Crippen molar-refractivity contribution in [1.29, 1.82) is 0 Å². The molecule has 0 unspecified atom stereocenters. The molecule has 6 heteroatoms. The van der Waals surface area contributed by atoms with E-state index in [9.17, 15) is 9.18 Å². The summed E-state index contributed by atoms with van der Waals surface area (Å²) in [6.45, 7) is 1.86. The molecule has 0 spiro atoms. The van der Waals surface area contributed by atoms with Crippen molar-refractivity contribution in [2.24, 2.45) is 0 Å². The second kappa shape index (κ2) is 6.00. The number of carbonyl (C=O) groups excluding carboxylic acids is 1. The fourth-order valence-electron chi connectivity index (χ4n) is 2.28. The van der Waals surface area contributed by atoms with E-state index in [4.69, 9.17) is 4.74 Å². The van der Waals surface area contributed by atoms with E-state index < -0.39 is 5.97 Å². The second-order valence-corrected chi connectivity index (χ2v) is 5.00. The average molecular weight is 311 g/mol. The van der Waals surface area contributed by atoms with Crippen molar-refractivity contribution in [3.05, 3.63) is 59.7 Å². The normalized spacial score (nSPS) is 10.6. The number of anilines is 2. The fourth-order valence-corrected chi connectivity index (χ4v) is 2.28. The van der Waals surface area contributed by atoms with E-state index in [-0.39, 0.29) is 11.4 Å². The van der Waals surface area contributed by atoms with Crippen LogP contribution in [0.2, 0.25) is 0 Å². The summed E-state index contributed by atoms with van der Waals surface area (Å²) in [6, 6.07) is 9.62. The quantitative estimate of drug-likeness (QED) is 0.749. The van der Waals surface area contributed by atoms with Gasteiger partial charge in [0.25, 0.3) is 0 Å². The fraction of sp³-hybridized carbons (Fsp3) is 0.118. The largest absolute Gasteiger partial charge is 0.465 e. The van der Waals surface area contributed by atoms with Crippen LogP contribution in [0, 0.1) is 12.7 Å². The summed E-state index contributed by atoms with van der Waals surface area (Å²) in [6.07, 6.45) is 1.40. The number of ether oxygens (including phenoxy) is 1. The van der Waals surface area contributed by atoms with Gasteiger partial charge in [-0.05, 0) is 37.3 Å². The Balaban J connectivity index is 2.19. The van der Waals surface area contributed by atoms with Gasteiger partial charge in [-0.3, -0.25) is 0 Å². The minimum absolute atomic E-state index is 0.259. The number of aryl methyl sites for hydroxylation is 1. The predicted octanol–water partition coefficient (Wildman–Crippen LogP) is 3.61. The number of carbonyl (C=O) groups is 1. The lowest BCUT2D eigenvalue weighted by atomic mass is 10.1. The van der Waals surface area contributed by atoms with Gasteiger partial charge in [0.15, 0.2) is 5.65 Å². The molecular weight excluding hydrogens is 297 g/mol. The van der Waals surface area contributed by atoms with Crippen molar-refractivity contribution >= 4 is 28.4 Å². The number of halogens is 1. The molecule has 0 saturated heterocycles. The molecule has 1 aromatic carbocycles. The third-order valence-electron chi connectivity index (χ3n) is 3.37. The van der Waals surface area contributed by atoms with Gasteiger partial charge in [-0.1, -0.05) is 6.07 Å². The minimum Gasteiger partial charge on any atom is -0.465 e. The van der Waals surface area contributed by atoms with E-state index in [0.717, 1.165) is 5.69 Å². The Hall–Kier alpha value is -3.02. The molecule has 1 N–H and O–H groups in total. The average Bonchev–Trinajstić information content (AvgIpc) is 2.54.